The summed E-state index contributed by atoms with van der Waals surface area (Å²) < 4.78 is 5.30. The lowest BCUT2D eigenvalue weighted by Gasteiger charge is -2.18. The van der Waals surface area contributed by atoms with Gasteiger partial charge in [0, 0.05) is 17.0 Å². The van der Waals surface area contributed by atoms with Crippen molar-refractivity contribution in [1.82, 2.24) is 20.8 Å². The lowest BCUT2D eigenvalue weighted by atomic mass is 9.97. The third kappa shape index (κ3) is 6.75. The molecule has 1 aromatic carbocycles. The van der Waals surface area contributed by atoms with Gasteiger partial charge < -0.3 is 15.2 Å². The predicted molar refractivity (Wildman–Crippen MR) is 116 cm³/mol. The van der Waals surface area contributed by atoms with Crippen LogP contribution >= 0.6 is 35.6 Å². The Kier molecular flexibility index (Phi) is 8.82. The zero-order valence-corrected chi connectivity index (χ0v) is 18.9. The van der Waals surface area contributed by atoms with Gasteiger partial charge in [0.25, 0.3) is 0 Å². The van der Waals surface area contributed by atoms with Crippen molar-refractivity contribution in [3.63, 3.8) is 0 Å². The molecule has 8 heteroatoms. The molecule has 1 heterocycles. The number of benzene rings is 1. The number of halogens is 2. The minimum atomic E-state index is -0.168. The molecule has 0 radical (unpaired) electrons. The highest BCUT2D eigenvalue weighted by atomic mass is 127. The molecule has 144 valence electrons. The average Bonchev–Trinajstić information content (AvgIpc) is 3.02. The first-order valence-electron chi connectivity index (χ1n) is 8.43. The highest BCUT2D eigenvalue weighted by molar-refractivity contribution is 14.0. The van der Waals surface area contributed by atoms with Gasteiger partial charge in [-0.2, -0.15) is 4.98 Å². The van der Waals surface area contributed by atoms with E-state index in [1.165, 1.54) is 0 Å². The van der Waals surface area contributed by atoms with Crippen LogP contribution in [-0.4, -0.2) is 22.6 Å². The van der Waals surface area contributed by atoms with Crippen molar-refractivity contribution in [1.29, 1.82) is 0 Å². The van der Waals surface area contributed by atoms with E-state index in [1.807, 2.05) is 52.0 Å². The summed E-state index contributed by atoms with van der Waals surface area (Å²) in [4.78, 5) is 8.95. The summed E-state index contributed by atoms with van der Waals surface area (Å²) in [6.07, 6.45) is 0. The first-order chi connectivity index (χ1) is 11.8. The second-order valence-electron chi connectivity index (χ2n) is 6.88. The monoisotopic (exact) mass is 491 g/mol. The normalized spacial score (nSPS) is 13.1. The molecule has 1 unspecified atom stereocenters. The lowest BCUT2D eigenvalue weighted by molar-refractivity contribution is 0.318. The summed E-state index contributed by atoms with van der Waals surface area (Å²) in [7, 11) is 0. The van der Waals surface area contributed by atoms with Crippen LogP contribution in [0, 0.1) is 0 Å². The van der Waals surface area contributed by atoms with Crippen LogP contribution in [0.1, 0.15) is 57.9 Å². The highest BCUT2D eigenvalue weighted by Crippen LogP contribution is 2.20. The first kappa shape index (κ1) is 22.7. The van der Waals surface area contributed by atoms with Crippen molar-refractivity contribution >= 4 is 41.5 Å². The number of hydrogen-bond donors (Lipinski definition) is 2. The van der Waals surface area contributed by atoms with E-state index in [1.54, 1.807) is 0 Å². The molecule has 6 nitrogen and oxygen atoms in total. The highest BCUT2D eigenvalue weighted by Gasteiger charge is 2.21. The molecule has 2 N–H and O–H groups in total. The SMILES string of the molecule is CCNC(=NCc1noc(C(C)(C)C)n1)NC(C)c1cccc(Cl)c1.I. The first-order valence-corrected chi connectivity index (χ1v) is 8.80. The molecule has 0 saturated heterocycles. The van der Waals surface area contributed by atoms with Gasteiger partial charge in [0.2, 0.25) is 5.89 Å². The molecule has 0 bridgehead atoms. The lowest BCUT2D eigenvalue weighted by Crippen LogP contribution is -2.38. The minimum Gasteiger partial charge on any atom is -0.357 e. The molecule has 26 heavy (non-hydrogen) atoms. The number of aliphatic imine (C=N–C) groups is 1. The largest absolute Gasteiger partial charge is 0.357 e. The van der Waals surface area contributed by atoms with E-state index in [4.69, 9.17) is 16.1 Å². The van der Waals surface area contributed by atoms with E-state index < -0.39 is 0 Å². The molecular weight excluding hydrogens is 465 g/mol. The molecule has 1 aromatic heterocycles. The van der Waals surface area contributed by atoms with Gasteiger partial charge in [-0.05, 0) is 31.5 Å². The summed E-state index contributed by atoms with van der Waals surface area (Å²) in [5, 5.41) is 11.3. The number of nitrogens with zero attached hydrogens (tertiary/aromatic N) is 3. The molecule has 0 aliphatic heterocycles. The van der Waals surface area contributed by atoms with Gasteiger partial charge in [-0.25, -0.2) is 4.99 Å². The Hall–Kier alpha value is -1.35. The van der Waals surface area contributed by atoms with Crippen LogP contribution in [0.3, 0.4) is 0 Å². The van der Waals surface area contributed by atoms with Crippen LogP contribution in [0.5, 0.6) is 0 Å². The Bertz CT molecular complexity index is 726. The molecule has 0 spiro atoms. The number of aromatic nitrogens is 2. The Morgan fingerprint density at radius 3 is 2.65 bits per heavy atom. The van der Waals surface area contributed by atoms with E-state index in [0.29, 0.717) is 24.2 Å². The van der Waals surface area contributed by atoms with Gasteiger partial charge >= 0.3 is 0 Å². The third-order valence-electron chi connectivity index (χ3n) is 3.53. The van der Waals surface area contributed by atoms with E-state index >= 15 is 0 Å². The summed E-state index contributed by atoms with van der Waals surface area (Å²) in [6, 6.07) is 7.83. The number of guanidine groups is 1. The van der Waals surface area contributed by atoms with Crippen molar-refractivity contribution in [2.24, 2.45) is 4.99 Å². The zero-order chi connectivity index (χ0) is 18.4. The zero-order valence-electron chi connectivity index (χ0n) is 15.8. The van der Waals surface area contributed by atoms with Crippen LogP contribution in [-0.2, 0) is 12.0 Å². The fourth-order valence-corrected chi connectivity index (χ4v) is 2.36. The molecule has 0 amide bonds. The van der Waals surface area contributed by atoms with E-state index in [-0.39, 0.29) is 35.4 Å². The molecule has 2 rings (SSSR count). The molecule has 2 aromatic rings. The Morgan fingerprint density at radius 2 is 2.08 bits per heavy atom. The van der Waals surface area contributed by atoms with E-state index in [9.17, 15) is 0 Å². The molecule has 0 saturated carbocycles. The Balaban J connectivity index is 0.00000338. The van der Waals surface area contributed by atoms with E-state index in [2.05, 4.69) is 32.7 Å². The fourth-order valence-electron chi connectivity index (χ4n) is 2.16. The second kappa shape index (κ2) is 10.1. The Labute approximate surface area is 177 Å². The van der Waals surface area contributed by atoms with Crippen LogP contribution in [0.15, 0.2) is 33.8 Å². The topological polar surface area (TPSA) is 75.3 Å². The van der Waals surface area contributed by atoms with Crippen LogP contribution in [0.2, 0.25) is 5.02 Å². The van der Waals surface area contributed by atoms with Gasteiger partial charge in [0.15, 0.2) is 11.8 Å². The van der Waals surface area contributed by atoms with Crippen molar-refractivity contribution in [3.05, 3.63) is 46.6 Å². The van der Waals surface area contributed by atoms with Gasteiger partial charge in [-0.1, -0.05) is 49.7 Å². The molecule has 0 aliphatic rings. The molecule has 0 aliphatic carbocycles. The molecular formula is C18H27ClIN5O. The second-order valence-corrected chi connectivity index (χ2v) is 7.32. The quantitative estimate of drug-likeness (QED) is 0.367. The predicted octanol–water partition coefficient (Wildman–Crippen LogP) is 4.45. The maximum Gasteiger partial charge on any atom is 0.232 e. The molecule has 1 atom stereocenters. The summed E-state index contributed by atoms with van der Waals surface area (Å²) in [6.45, 7) is 11.3. The van der Waals surface area contributed by atoms with Gasteiger partial charge in [0.05, 0.1) is 6.04 Å². The van der Waals surface area contributed by atoms with Crippen LogP contribution < -0.4 is 10.6 Å². The van der Waals surface area contributed by atoms with Crippen molar-refractivity contribution in [3.8, 4) is 0 Å². The van der Waals surface area contributed by atoms with Crippen molar-refractivity contribution < 1.29 is 4.52 Å². The number of hydrogen-bond acceptors (Lipinski definition) is 4. The maximum absolute atomic E-state index is 6.07. The number of rotatable bonds is 5. The third-order valence-corrected chi connectivity index (χ3v) is 3.77. The fraction of sp³-hybridized carbons (Fsp3) is 0.500. The summed E-state index contributed by atoms with van der Waals surface area (Å²) >= 11 is 6.07. The smallest absolute Gasteiger partial charge is 0.232 e. The van der Waals surface area contributed by atoms with Gasteiger partial charge in [-0.3, -0.25) is 0 Å². The van der Waals surface area contributed by atoms with E-state index in [0.717, 1.165) is 17.1 Å². The standard InChI is InChI=1S/C18H26ClN5O.HI/c1-6-20-17(22-12(2)13-8-7-9-14(19)10-13)21-11-15-23-16(25-24-15)18(3,4)5;/h7-10,12H,6,11H2,1-5H3,(H2,20,21,22);1H. The van der Waals surface area contributed by atoms with Crippen molar-refractivity contribution in [2.45, 2.75) is 52.6 Å². The summed E-state index contributed by atoms with van der Waals surface area (Å²) in [5.74, 6) is 1.87. The average molecular weight is 492 g/mol. The Morgan fingerprint density at radius 1 is 1.35 bits per heavy atom. The molecule has 0 fully saturated rings. The number of nitrogens with one attached hydrogen (secondary N) is 2. The maximum atomic E-state index is 6.07. The van der Waals surface area contributed by atoms with Gasteiger partial charge in [-0.15, -0.1) is 24.0 Å². The van der Waals surface area contributed by atoms with Gasteiger partial charge in [0.1, 0.15) is 6.54 Å². The minimum absolute atomic E-state index is 0. The van der Waals surface area contributed by atoms with Crippen molar-refractivity contribution in [2.75, 3.05) is 6.54 Å². The van der Waals surface area contributed by atoms with Crippen LogP contribution in [0.4, 0.5) is 0 Å². The summed E-state index contributed by atoms with van der Waals surface area (Å²) in [5.41, 5.74) is 0.923. The van der Waals surface area contributed by atoms with Crippen LogP contribution in [0.25, 0.3) is 0 Å².